The van der Waals surface area contributed by atoms with Crippen molar-refractivity contribution in [2.45, 2.75) is 13.0 Å². The van der Waals surface area contributed by atoms with Gasteiger partial charge >= 0.3 is 0 Å². The predicted octanol–water partition coefficient (Wildman–Crippen LogP) is 5.75. The van der Waals surface area contributed by atoms with Crippen LogP contribution in [0, 0.1) is 0 Å². The lowest BCUT2D eigenvalue weighted by Gasteiger charge is -2.27. The van der Waals surface area contributed by atoms with Gasteiger partial charge in [-0.2, -0.15) is 0 Å². The van der Waals surface area contributed by atoms with Crippen LogP contribution in [0.3, 0.4) is 0 Å². The van der Waals surface area contributed by atoms with Crippen LogP contribution in [0.25, 0.3) is 16.7 Å². The van der Waals surface area contributed by atoms with E-state index in [-0.39, 0.29) is 0 Å². The summed E-state index contributed by atoms with van der Waals surface area (Å²) in [7, 11) is 0. The van der Waals surface area contributed by atoms with Crippen molar-refractivity contribution >= 4 is 23.5 Å². The number of nitrogens with zero attached hydrogens (tertiary/aromatic N) is 1. The molecule has 0 unspecified atom stereocenters. The molecule has 0 atom stereocenters. The molecule has 0 saturated heterocycles. The molecule has 1 aliphatic heterocycles. The van der Waals surface area contributed by atoms with Crippen LogP contribution < -0.4 is 0 Å². The van der Waals surface area contributed by atoms with E-state index in [1.165, 1.54) is 27.8 Å². The van der Waals surface area contributed by atoms with E-state index in [2.05, 4.69) is 47.4 Å². The maximum absolute atomic E-state index is 10.7. The highest BCUT2D eigenvalue weighted by Crippen LogP contribution is 2.28. The number of hydrogen-bond acceptors (Lipinski definition) is 2. The molecular formula is C25H21ClNO. The van der Waals surface area contributed by atoms with Crippen LogP contribution in [-0.4, -0.2) is 24.3 Å². The van der Waals surface area contributed by atoms with E-state index in [0.717, 1.165) is 31.1 Å². The Balaban J connectivity index is 1.48. The monoisotopic (exact) mass is 386 g/mol. The molecule has 1 aliphatic rings. The summed E-state index contributed by atoms with van der Waals surface area (Å²) in [6.07, 6.45) is 5.24. The summed E-state index contributed by atoms with van der Waals surface area (Å²) >= 11 is 6.04. The van der Waals surface area contributed by atoms with E-state index in [9.17, 15) is 4.79 Å². The van der Waals surface area contributed by atoms with E-state index >= 15 is 0 Å². The second-order valence-corrected chi connectivity index (χ2v) is 7.49. The van der Waals surface area contributed by atoms with Gasteiger partial charge in [0.2, 0.25) is 6.29 Å². The average Bonchev–Trinajstić information content (AvgIpc) is 2.75. The molecule has 0 amide bonds. The second-order valence-electron chi connectivity index (χ2n) is 7.06. The zero-order chi connectivity index (χ0) is 19.3. The number of hydrogen-bond donors (Lipinski definition) is 0. The molecule has 3 aromatic carbocycles. The van der Waals surface area contributed by atoms with Gasteiger partial charge in [0.15, 0.2) is 0 Å². The Hall–Kier alpha value is -2.68. The maximum Gasteiger partial charge on any atom is 0.233 e. The van der Waals surface area contributed by atoms with Crippen molar-refractivity contribution in [3.05, 3.63) is 101 Å². The summed E-state index contributed by atoms with van der Waals surface area (Å²) in [4.78, 5) is 13.2. The maximum atomic E-state index is 10.7. The molecule has 0 spiro atoms. The van der Waals surface area contributed by atoms with Crippen molar-refractivity contribution in [2.75, 3.05) is 13.1 Å². The Morgan fingerprint density at radius 1 is 0.893 bits per heavy atom. The lowest BCUT2D eigenvalue weighted by atomic mass is 9.96. The fourth-order valence-corrected chi connectivity index (χ4v) is 3.81. The molecule has 139 valence electrons. The molecule has 1 heterocycles. The summed E-state index contributed by atoms with van der Waals surface area (Å²) < 4.78 is 0. The largest absolute Gasteiger partial charge is 0.295 e. The second kappa shape index (κ2) is 8.55. The minimum Gasteiger partial charge on any atom is -0.295 e. The third-order valence-electron chi connectivity index (χ3n) is 5.23. The third-order valence-corrected chi connectivity index (χ3v) is 5.49. The van der Waals surface area contributed by atoms with Crippen LogP contribution in [0.1, 0.15) is 23.1 Å². The number of halogens is 1. The first-order chi connectivity index (χ1) is 13.7. The minimum atomic E-state index is 0.598. The quantitative estimate of drug-likeness (QED) is 0.556. The Morgan fingerprint density at radius 2 is 1.61 bits per heavy atom. The molecule has 4 rings (SSSR count). The Morgan fingerprint density at radius 3 is 2.29 bits per heavy atom. The highest BCUT2D eigenvalue weighted by molar-refractivity contribution is 6.30. The van der Waals surface area contributed by atoms with Crippen molar-refractivity contribution in [1.82, 2.24) is 4.90 Å². The molecule has 0 fully saturated rings. The van der Waals surface area contributed by atoms with Crippen LogP contribution in [0.4, 0.5) is 0 Å². The average molecular weight is 387 g/mol. The Kier molecular flexibility index (Phi) is 5.70. The van der Waals surface area contributed by atoms with Crippen molar-refractivity contribution < 1.29 is 4.79 Å². The summed E-state index contributed by atoms with van der Waals surface area (Å²) in [6, 6.07) is 24.3. The van der Waals surface area contributed by atoms with Gasteiger partial charge in [-0.1, -0.05) is 78.3 Å². The Bertz CT molecular complexity index is 990. The zero-order valence-electron chi connectivity index (χ0n) is 15.6. The van der Waals surface area contributed by atoms with Gasteiger partial charge < -0.3 is 0 Å². The van der Waals surface area contributed by atoms with E-state index in [1.54, 1.807) is 0 Å². The van der Waals surface area contributed by atoms with Crippen molar-refractivity contribution in [1.29, 1.82) is 0 Å². The molecule has 1 radical (unpaired) electrons. The van der Waals surface area contributed by atoms with Crippen molar-refractivity contribution in [3.8, 4) is 11.1 Å². The van der Waals surface area contributed by atoms with Crippen molar-refractivity contribution in [3.63, 3.8) is 0 Å². The van der Waals surface area contributed by atoms with Gasteiger partial charge in [-0.15, -0.1) is 0 Å². The normalized spacial score (nSPS) is 14.5. The number of rotatable bonds is 5. The first kappa shape index (κ1) is 18.7. The van der Waals surface area contributed by atoms with Gasteiger partial charge in [0.05, 0.1) is 0 Å². The summed E-state index contributed by atoms with van der Waals surface area (Å²) in [6.45, 7) is 2.86. The van der Waals surface area contributed by atoms with Crippen LogP contribution in [0.5, 0.6) is 0 Å². The zero-order valence-corrected chi connectivity index (χ0v) is 16.3. The molecule has 0 bridgehead atoms. The summed E-state index contributed by atoms with van der Waals surface area (Å²) in [5, 5.41) is 0.758. The highest BCUT2D eigenvalue weighted by atomic mass is 35.5. The van der Waals surface area contributed by atoms with Gasteiger partial charge in [0.1, 0.15) is 0 Å². The first-order valence-corrected chi connectivity index (χ1v) is 9.84. The van der Waals surface area contributed by atoms with Crippen LogP contribution in [0.2, 0.25) is 5.02 Å². The summed E-state index contributed by atoms with van der Waals surface area (Å²) in [5.41, 5.74) is 6.92. The van der Waals surface area contributed by atoms with E-state index < -0.39 is 0 Å². The van der Waals surface area contributed by atoms with Crippen LogP contribution in [-0.2, 0) is 11.3 Å². The smallest absolute Gasteiger partial charge is 0.233 e. The van der Waals surface area contributed by atoms with E-state index in [4.69, 9.17) is 11.6 Å². The topological polar surface area (TPSA) is 20.3 Å². The van der Waals surface area contributed by atoms with E-state index in [1.807, 2.05) is 42.7 Å². The van der Waals surface area contributed by atoms with Gasteiger partial charge in [-0.25, -0.2) is 0 Å². The number of benzene rings is 3. The first-order valence-electron chi connectivity index (χ1n) is 9.47. The van der Waals surface area contributed by atoms with E-state index in [0.29, 0.717) is 5.56 Å². The van der Waals surface area contributed by atoms with Crippen LogP contribution in [0.15, 0.2) is 78.9 Å². The number of carbonyl (C=O) groups excluding carboxylic acids is 1. The lowest BCUT2D eigenvalue weighted by Crippen LogP contribution is -2.28. The molecule has 2 nitrogen and oxygen atoms in total. The SMILES string of the molecule is O=[C]c1ccc(C2=CCN(Cc3ccccc3-c3ccc(Cl)cc3)CC2)cc1. The third kappa shape index (κ3) is 4.24. The van der Waals surface area contributed by atoms with Crippen molar-refractivity contribution in [2.24, 2.45) is 0 Å². The molecule has 0 aromatic heterocycles. The van der Waals surface area contributed by atoms with Gasteiger partial charge in [0, 0.05) is 30.2 Å². The van der Waals surface area contributed by atoms with Gasteiger partial charge in [-0.05, 0) is 46.4 Å². The Labute approximate surface area is 171 Å². The molecule has 3 aromatic rings. The lowest BCUT2D eigenvalue weighted by molar-refractivity contribution is 0.294. The molecule has 0 saturated carbocycles. The standard InChI is InChI=1S/C25H21ClNO/c26-24-11-9-22(10-12-24)25-4-2-1-3-23(25)17-27-15-13-21(14-16-27)20-7-5-19(18-28)6-8-20/h1-13H,14-17H2. The molecule has 3 heteroatoms. The van der Waals surface area contributed by atoms with Gasteiger partial charge in [0.25, 0.3) is 0 Å². The fraction of sp³-hybridized carbons (Fsp3) is 0.160. The fourth-order valence-electron chi connectivity index (χ4n) is 3.68. The molecular weight excluding hydrogens is 366 g/mol. The summed E-state index contributed by atoms with van der Waals surface area (Å²) in [5.74, 6) is 0. The van der Waals surface area contributed by atoms with Crippen LogP contribution >= 0.6 is 11.6 Å². The molecule has 0 aliphatic carbocycles. The minimum absolute atomic E-state index is 0.598. The molecule has 0 N–H and O–H groups in total. The predicted molar refractivity (Wildman–Crippen MR) is 116 cm³/mol. The van der Waals surface area contributed by atoms with Gasteiger partial charge in [-0.3, -0.25) is 9.69 Å². The molecule has 28 heavy (non-hydrogen) atoms. The highest BCUT2D eigenvalue weighted by Gasteiger charge is 2.15.